The molecule has 0 saturated heterocycles. The van der Waals surface area contributed by atoms with Gasteiger partial charge in [0.1, 0.15) is 11.6 Å². The quantitative estimate of drug-likeness (QED) is 0.626. The summed E-state index contributed by atoms with van der Waals surface area (Å²) in [5.41, 5.74) is -0.716. The van der Waals surface area contributed by atoms with Crippen molar-refractivity contribution in [1.29, 1.82) is 0 Å². The molecule has 7 nitrogen and oxygen atoms in total. The maximum Gasteiger partial charge on any atom is 0.311 e. The topological polar surface area (TPSA) is 95.5 Å². The molecular formula is C12H6ClFN2O5. The highest BCUT2D eigenvalue weighted by molar-refractivity contribution is 6.32. The van der Waals surface area contributed by atoms with Crippen molar-refractivity contribution in [1.82, 2.24) is 0 Å². The maximum absolute atomic E-state index is 13.2. The van der Waals surface area contributed by atoms with E-state index in [9.17, 15) is 24.6 Å². The van der Waals surface area contributed by atoms with E-state index in [2.05, 4.69) is 0 Å². The predicted octanol–water partition coefficient (Wildman–Crippen LogP) is 4.09. The molecule has 0 atom stereocenters. The van der Waals surface area contributed by atoms with Crippen LogP contribution in [0.2, 0.25) is 5.02 Å². The van der Waals surface area contributed by atoms with E-state index >= 15 is 0 Å². The summed E-state index contributed by atoms with van der Waals surface area (Å²) < 4.78 is 18.3. The second-order valence-corrected chi connectivity index (χ2v) is 4.25. The smallest absolute Gasteiger partial charge is 0.311 e. The molecule has 2 rings (SSSR count). The zero-order valence-corrected chi connectivity index (χ0v) is 10.9. The first-order valence-corrected chi connectivity index (χ1v) is 5.82. The number of ether oxygens (including phenoxy) is 1. The average molecular weight is 313 g/mol. The van der Waals surface area contributed by atoms with Crippen LogP contribution in [0.4, 0.5) is 15.8 Å². The number of nitro groups is 2. The summed E-state index contributed by atoms with van der Waals surface area (Å²) in [5.74, 6) is -1.14. The third-order valence-electron chi connectivity index (χ3n) is 2.46. The van der Waals surface area contributed by atoms with Crippen LogP contribution in [0.3, 0.4) is 0 Å². The molecule has 0 N–H and O–H groups in total. The molecule has 0 radical (unpaired) electrons. The highest BCUT2D eigenvalue weighted by atomic mass is 35.5. The SMILES string of the molecule is O=[N+]([O-])c1ccc(Oc2cc(F)ccc2[N+](=O)[O-])c(Cl)c1. The van der Waals surface area contributed by atoms with Gasteiger partial charge in [-0.2, -0.15) is 0 Å². The van der Waals surface area contributed by atoms with Crippen molar-refractivity contribution in [2.45, 2.75) is 0 Å². The lowest BCUT2D eigenvalue weighted by Gasteiger charge is -2.07. The number of halogens is 2. The summed E-state index contributed by atoms with van der Waals surface area (Å²) >= 11 is 5.80. The van der Waals surface area contributed by atoms with Gasteiger partial charge in [0.2, 0.25) is 5.75 Å². The molecule has 2 aromatic rings. The van der Waals surface area contributed by atoms with Gasteiger partial charge in [-0.15, -0.1) is 0 Å². The molecule has 0 aliphatic rings. The monoisotopic (exact) mass is 312 g/mol. The van der Waals surface area contributed by atoms with Crippen molar-refractivity contribution in [2.24, 2.45) is 0 Å². The van der Waals surface area contributed by atoms with Crippen molar-refractivity contribution in [2.75, 3.05) is 0 Å². The molecule has 21 heavy (non-hydrogen) atoms. The average Bonchev–Trinajstić information content (AvgIpc) is 2.40. The minimum absolute atomic E-state index is 0.0593. The Morgan fingerprint density at radius 2 is 1.71 bits per heavy atom. The Balaban J connectivity index is 2.40. The lowest BCUT2D eigenvalue weighted by atomic mass is 10.2. The molecule has 0 bridgehead atoms. The van der Waals surface area contributed by atoms with Crippen LogP contribution in [0.1, 0.15) is 0 Å². The standard InChI is InChI=1S/C12H6ClFN2O5/c13-9-6-8(15(17)18)2-4-11(9)21-12-5-7(14)1-3-10(12)16(19)20/h1-6H. The minimum atomic E-state index is -0.742. The fourth-order valence-electron chi connectivity index (χ4n) is 1.53. The van der Waals surface area contributed by atoms with Crippen LogP contribution in [0, 0.1) is 26.0 Å². The van der Waals surface area contributed by atoms with E-state index < -0.39 is 21.4 Å². The summed E-state index contributed by atoms with van der Waals surface area (Å²) in [7, 11) is 0. The van der Waals surface area contributed by atoms with E-state index in [0.717, 1.165) is 30.3 Å². The summed E-state index contributed by atoms with van der Waals surface area (Å²) in [4.78, 5) is 20.0. The fraction of sp³-hybridized carbons (Fsp3) is 0. The highest BCUT2D eigenvalue weighted by Gasteiger charge is 2.18. The number of non-ortho nitro benzene ring substituents is 1. The molecule has 0 aliphatic carbocycles. The molecule has 0 aromatic heterocycles. The van der Waals surface area contributed by atoms with Crippen LogP contribution < -0.4 is 4.74 Å². The molecule has 9 heteroatoms. The van der Waals surface area contributed by atoms with E-state index in [1.807, 2.05) is 0 Å². The van der Waals surface area contributed by atoms with Gasteiger partial charge in [0.05, 0.1) is 14.9 Å². The third kappa shape index (κ3) is 3.23. The van der Waals surface area contributed by atoms with Gasteiger partial charge in [0.15, 0.2) is 0 Å². The molecule has 0 aliphatic heterocycles. The van der Waals surface area contributed by atoms with E-state index in [-0.39, 0.29) is 22.2 Å². The summed E-state index contributed by atoms with van der Waals surface area (Å²) in [6.45, 7) is 0. The Labute approximate surface area is 121 Å². The van der Waals surface area contributed by atoms with Gasteiger partial charge >= 0.3 is 5.69 Å². The number of rotatable bonds is 4. The van der Waals surface area contributed by atoms with Crippen LogP contribution in [-0.2, 0) is 0 Å². The number of hydrogen-bond acceptors (Lipinski definition) is 5. The Morgan fingerprint density at radius 3 is 2.29 bits per heavy atom. The second kappa shape index (κ2) is 5.71. The molecule has 0 unspecified atom stereocenters. The number of nitrogens with zero attached hydrogens (tertiary/aromatic N) is 2. The van der Waals surface area contributed by atoms with Crippen LogP contribution in [0.5, 0.6) is 11.5 Å². The molecule has 2 aromatic carbocycles. The molecule has 0 fully saturated rings. The van der Waals surface area contributed by atoms with Gasteiger partial charge < -0.3 is 4.74 Å². The van der Waals surface area contributed by atoms with Gasteiger partial charge in [-0.25, -0.2) is 4.39 Å². The van der Waals surface area contributed by atoms with Crippen LogP contribution in [0.15, 0.2) is 36.4 Å². The van der Waals surface area contributed by atoms with Crippen molar-refractivity contribution in [3.05, 3.63) is 67.5 Å². The predicted molar refractivity (Wildman–Crippen MR) is 71.2 cm³/mol. The Hall–Kier alpha value is -2.74. The normalized spacial score (nSPS) is 10.2. The van der Waals surface area contributed by atoms with E-state index in [1.54, 1.807) is 0 Å². The molecule has 108 valence electrons. The zero-order valence-electron chi connectivity index (χ0n) is 10.2. The zero-order chi connectivity index (χ0) is 15.6. The highest BCUT2D eigenvalue weighted by Crippen LogP contribution is 2.36. The number of hydrogen-bond donors (Lipinski definition) is 0. The second-order valence-electron chi connectivity index (χ2n) is 3.84. The first-order chi connectivity index (χ1) is 9.88. The van der Waals surface area contributed by atoms with Crippen molar-refractivity contribution in [3.63, 3.8) is 0 Å². The maximum atomic E-state index is 13.2. The molecule has 0 spiro atoms. The summed E-state index contributed by atoms with van der Waals surface area (Å²) in [6, 6.07) is 6.02. The van der Waals surface area contributed by atoms with Crippen molar-refractivity contribution >= 4 is 23.0 Å². The summed E-state index contributed by atoms with van der Waals surface area (Å²) in [5, 5.41) is 21.3. The van der Waals surface area contributed by atoms with Crippen LogP contribution in [-0.4, -0.2) is 9.85 Å². The van der Waals surface area contributed by atoms with Crippen LogP contribution in [0.25, 0.3) is 0 Å². The first-order valence-electron chi connectivity index (χ1n) is 5.44. The van der Waals surface area contributed by atoms with Gasteiger partial charge in [-0.3, -0.25) is 20.2 Å². The number of benzene rings is 2. The van der Waals surface area contributed by atoms with Crippen LogP contribution >= 0.6 is 11.6 Å². The van der Waals surface area contributed by atoms with Gasteiger partial charge in [-0.1, -0.05) is 11.6 Å². The van der Waals surface area contributed by atoms with E-state index in [1.165, 1.54) is 6.07 Å². The van der Waals surface area contributed by atoms with Crippen molar-refractivity contribution in [3.8, 4) is 11.5 Å². The first kappa shape index (κ1) is 14.7. The van der Waals surface area contributed by atoms with E-state index in [4.69, 9.17) is 16.3 Å². The lowest BCUT2D eigenvalue weighted by molar-refractivity contribution is -0.385. The van der Waals surface area contributed by atoms with Gasteiger partial charge in [0.25, 0.3) is 5.69 Å². The third-order valence-corrected chi connectivity index (χ3v) is 2.76. The van der Waals surface area contributed by atoms with Crippen molar-refractivity contribution < 1.29 is 19.0 Å². The molecule has 0 heterocycles. The Morgan fingerprint density at radius 1 is 1.00 bits per heavy atom. The Kier molecular flexibility index (Phi) is 3.99. The number of nitro benzene ring substituents is 2. The lowest BCUT2D eigenvalue weighted by Crippen LogP contribution is -1.95. The Bertz CT molecular complexity index is 738. The molecule has 0 saturated carbocycles. The van der Waals surface area contributed by atoms with Gasteiger partial charge in [-0.05, 0) is 12.1 Å². The minimum Gasteiger partial charge on any atom is -0.448 e. The molecular weight excluding hydrogens is 307 g/mol. The largest absolute Gasteiger partial charge is 0.448 e. The van der Waals surface area contributed by atoms with E-state index in [0.29, 0.717) is 0 Å². The molecule has 0 amide bonds. The summed E-state index contributed by atoms with van der Waals surface area (Å²) in [6.07, 6.45) is 0. The van der Waals surface area contributed by atoms with Gasteiger partial charge in [0, 0.05) is 24.3 Å². The fourth-order valence-corrected chi connectivity index (χ4v) is 1.74.